The third kappa shape index (κ3) is 4.47. The van der Waals surface area contributed by atoms with Crippen LogP contribution in [0.15, 0.2) is 66.1 Å². The normalized spacial score (nSPS) is 20.2. The second-order valence-electron chi connectivity index (χ2n) is 3.45. The summed E-state index contributed by atoms with van der Waals surface area (Å²) >= 11 is 0. The van der Waals surface area contributed by atoms with Crippen LogP contribution in [-0.2, 0) is 21.8 Å². The molecule has 1 fully saturated rings. The van der Waals surface area contributed by atoms with Crippen molar-refractivity contribution in [1.82, 2.24) is 0 Å². The molecule has 1 aromatic rings. The van der Waals surface area contributed by atoms with Crippen LogP contribution in [0.5, 0.6) is 0 Å². The van der Waals surface area contributed by atoms with Crippen molar-refractivity contribution in [3.05, 3.63) is 71.4 Å². The van der Waals surface area contributed by atoms with Crippen LogP contribution in [0, 0.1) is 0 Å². The van der Waals surface area contributed by atoms with Gasteiger partial charge in [0.1, 0.15) is 0 Å². The maximum absolute atomic E-state index is 5.34. The molecule has 2 nitrogen and oxygen atoms in total. The molecule has 1 aromatic carbocycles. The van der Waals surface area contributed by atoms with Crippen LogP contribution in [0.3, 0.4) is 0 Å². The van der Waals surface area contributed by atoms with Gasteiger partial charge in [-0.2, -0.15) is 18.2 Å². The Hall–Kier alpha value is -0.881. The average Bonchev–Trinajstić information content (AvgIpc) is 3.03. The van der Waals surface area contributed by atoms with Gasteiger partial charge in [-0.3, -0.25) is 0 Å². The Morgan fingerprint density at radius 2 is 1.88 bits per heavy atom. The Balaban J connectivity index is 0.000000205. The van der Waals surface area contributed by atoms with Crippen LogP contribution in [-0.4, -0.2) is 12.4 Å². The van der Waals surface area contributed by atoms with E-state index >= 15 is 0 Å². The summed E-state index contributed by atoms with van der Waals surface area (Å²) in [5.41, 5.74) is 1.08. The second-order valence-corrected chi connectivity index (χ2v) is 4.22. The van der Waals surface area contributed by atoms with E-state index in [2.05, 4.69) is 14.6 Å². The van der Waals surface area contributed by atoms with Gasteiger partial charge in [0.25, 0.3) is 0 Å². The predicted octanol–water partition coefficient (Wildman–Crippen LogP) is 3.33. The van der Waals surface area contributed by atoms with Crippen molar-refractivity contribution >= 4 is 9.24 Å². The van der Waals surface area contributed by atoms with E-state index in [0.717, 1.165) is 11.5 Å². The number of hydrogen-bond donors (Lipinski definition) is 0. The van der Waals surface area contributed by atoms with E-state index in [1.165, 1.54) is 0 Å². The quantitative estimate of drug-likeness (QED) is 0.408. The summed E-state index contributed by atoms with van der Waals surface area (Å²) in [5, 5.41) is 4.29. The standard InChI is InChI=1S/C8H9NOP.C5H5.Fe/c11-7-5-10-8(9-7)6-3-1-2-4-6;1-2-4-5-3-1;/h1-4,7H,5,11H2;1-5H;/q2*-1;+2. The first kappa shape index (κ1) is 14.2. The predicted molar refractivity (Wildman–Crippen MR) is 70.2 cm³/mol. The molecule has 0 radical (unpaired) electrons. The molecule has 0 aromatic heterocycles. The molecule has 1 heterocycles. The number of nitrogens with zero attached hydrogens (tertiary/aromatic N) is 1. The maximum atomic E-state index is 5.34. The summed E-state index contributed by atoms with van der Waals surface area (Å²) in [6.07, 6.45) is 7.97. The van der Waals surface area contributed by atoms with Crippen molar-refractivity contribution in [2.24, 2.45) is 0 Å². The van der Waals surface area contributed by atoms with Gasteiger partial charge in [-0.15, -0.1) is 9.24 Å². The molecule has 1 saturated heterocycles. The Labute approximate surface area is 115 Å². The van der Waals surface area contributed by atoms with E-state index in [1.54, 1.807) is 0 Å². The molecule has 90 valence electrons. The molecule has 2 unspecified atom stereocenters. The molecule has 0 amide bonds. The van der Waals surface area contributed by atoms with Crippen molar-refractivity contribution in [2.45, 2.75) is 5.78 Å². The number of allylic oxidation sites excluding steroid dienone is 5. The topological polar surface area (TPSA) is 23.3 Å². The molecule has 3 rings (SSSR count). The number of ether oxygens (including phenoxy) is 1. The molecule has 0 N–H and O–H groups in total. The van der Waals surface area contributed by atoms with E-state index in [9.17, 15) is 0 Å². The first-order valence-electron chi connectivity index (χ1n) is 5.21. The summed E-state index contributed by atoms with van der Waals surface area (Å²) in [6, 6.07) is 10.0. The molecule has 1 aliphatic heterocycles. The smallest absolute Gasteiger partial charge is 0.645 e. The van der Waals surface area contributed by atoms with Crippen molar-refractivity contribution in [1.29, 1.82) is 0 Å². The molecule has 0 bridgehead atoms. The van der Waals surface area contributed by atoms with E-state index in [0.29, 0.717) is 6.61 Å². The summed E-state index contributed by atoms with van der Waals surface area (Å²) < 4.78 is 5.34. The zero-order valence-electron chi connectivity index (χ0n) is 9.27. The van der Waals surface area contributed by atoms with Crippen molar-refractivity contribution in [2.75, 3.05) is 6.61 Å². The van der Waals surface area contributed by atoms with Gasteiger partial charge >= 0.3 is 17.1 Å². The van der Waals surface area contributed by atoms with Gasteiger partial charge in [0, 0.05) is 5.88 Å². The van der Waals surface area contributed by atoms with Gasteiger partial charge < -0.3 is 10.1 Å². The van der Waals surface area contributed by atoms with Gasteiger partial charge in [0.2, 0.25) is 0 Å². The molecule has 2 aliphatic rings. The number of rotatable bonds is 0. The zero-order valence-corrected chi connectivity index (χ0v) is 11.5. The molecule has 1 aliphatic carbocycles. The van der Waals surface area contributed by atoms with E-state index in [4.69, 9.17) is 4.74 Å². The minimum absolute atomic E-state index is 0. The van der Waals surface area contributed by atoms with E-state index in [-0.39, 0.29) is 22.9 Å². The maximum Gasteiger partial charge on any atom is 2.00 e. The fourth-order valence-electron chi connectivity index (χ4n) is 1.38. The Morgan fingerprint density at radius 3 is 2.29 bits per heavy atom. The van der Waals surface area contributed by atoms with E-state index < -0.39 is 0 Å². The van der Waals surface area contributed by atoms with E-state index in [1.807, 2.05) is 54.6 Å². The Kier molecular flexibility index (Phi) is 6.21. The molecule has 2 atom stereocenters. The fourth-order valence-corrected chi connectivity index (χ4v) is 1.62. The molecule has 17 heavy (non-hydrogen) atoms. The minimum atomic E-state index is 0. The first-order chi connectivity index (χ1) is 7.86. The van der Waals surface area contributed by atoms with Crippen LogP contribution in [0.2, 0.25) is 0 Å². The molecule has 0 saturated carbocycles. The third-order valence-electron chi connectivity index (χ3n) is 2.14. The van der Waals surface area contributed by atoms with Gasteiger partial charge in [-0.1, -0.05) is 30.1 Å². The third-order valence-corrected chi connectivity index (χ3v) is 2.48. The van der Waals surface area contributed by atoms with Gasteiger partial charge in [0.05, 0.1) is 6.61 Å². The van der Waals surface area contributed by atoms with Gasteiger partial charge in [-0.25, -0.2) is 12.1 Å². The van der Waals surface area contributed by atoms with Gasteiger partial charge in [-0.05, 0) is 5.57 Å². The number of hydrogen-bond acceptors (Lipinski definition) is 1. The monoisotopic (exact) mass is 287 g/mol. The summed E-state index contributed by atoms with van der Waals surface area (Å²) in [5.74, 6) is 1.01. The average molecular weight is 287 g/mol. The van der Waals surface area contributed by atoms with Crippen LogP contribution >= 0.6 is 9.24 Å². The summed E-state index contributed by atoms with van der Waals surface area (Å²) in [6.45, 7) is 0.686. The van der Waals surface area contributed by atoms with Crippen LogP contribution in [0.4, 0.5) is 0 Å². The van der Waals surface area contributed by atoms with Gasteiger partial charge in [0.15, 0.2) is 0 Å². The summed E-state index contributed by atoms with van der Waals surface area (Å²) in [7, 11) is 2.63. The van der Waals surface area contributed by atoms with Crippen LogP contribution in [0.25, 0.3) is 5.32 Å². The largest absolute Gasteiger partial charge is 2.00 e. The van der Waals surface area contributed by atoms with Crippen molar-refractivity contribution in [3.63, 3.8) is 0 Å². The first-order valence-corrected chi connectivity index (χ1v) is 5.88. The van der Waals surface area contributed by atoms with Crippen LogP contribution in [0.1, 0.15) is 0 Å². The van der Waals surface area contributed by atoms with Crippen LogP contribution < -0.4 is 0 Å². The Bertz CT molecular complexity index is 378. The van der Waals surface area contributed by atoms with Crippen molar-refractivity contribution in [3.8, 4) is 0 Å². The minimum Gasteiger partial charge on any atom is -0.645 e. The summed E-state index contributed by atoms with van der Waals surface area (Å²) in [4.78, 5) is 0. The molecular weight excluding hydrogens is 273 g/mol. The zero-order chi connectivity index (χ0) is 11.2. The second kappa shape index (κ2) is 7.45. The fraction of sp³-hybridized carbons (Fsp3) is 0.154. The molecular formula is C13H14FeNOP. The molecule has 0 spiro atoms. The molecule has 4 heteroatoms. The SMILES string of the molecule is PC1COC(=C2C=CC=C2)[N-]1.[Fe+2].c1cc[cH-]c1. The Morgan fingerprint density at radius 1 is 1.24 bits per heavy atom. The van der Waals surface area contributed by atoms with Crippen molar-refractivity contribution < 1.29 is 21.8 Å².